The van der Waals surface area contributed by atoms with Crippen LogP contribution in [0, 0.1) is 5.92 Å². The lowest BCUT2D eigenvalue weighted by Crippen LogP contribution is -2.26. The van der Waals surface area contributed by atoms with Crippen molar-refractivity contribution in [2.24, 2.45) is 5.92 Å². The molecule has 2 rings (SSSR count). The van der Waals surface area contributed by atoms with Crippen LogP contribution in [0.25, 0.3) is 11.3 Å². The molecule has 112 valence electrons. The van der Waals surface area contributed by atoms with Gasteiger partial charge in [-0.2, -0.15) is 0 Å². The van der Waals surface area contributed by atoms with Crippen molar-refractivity contribution in [1.29, 1.82) is 0 Å². The van der Waals surface area contributed by atoms with E-state index in [2.05, 4.69) is 10.5 Å². The van der Waals surface area contributed by atoms with E-state index in [-0.39, 0.29) is 5.91 Å². The number of rotatable bonds is 6. The van der Waals surface area contributed by atoms with Crippen LogP contribution in [0.15, 0.2) is 34.9 Å². The summed E-state index contributed by atoms with van der Waals surface area (Å²) in [5, 5.41) is 7.58. The molecule has 0 spiro atoms. The van der Waals surface area contributed by atoms with Crippen molar-refractivity contribution in [2.75, 3.05) is 6.54 Å². The maximum Gasteiger partial charge on any atom is 0.220 e. The Hall–Kier alpha value is -1.81. The number of hydrogen-bond acceptors (Lipinski definition) is 3. The number of amides is 1. The summed E-state index contributed by atoms with van der Waals surface area (Å²) < 4.78 is 5.31. The fourth-order valence-electron chi connectivity index (χ4n) is 1.95. The van der Waals surface area contributed by atoms with Gasteiger partial charge in [0.2, 0.25) is 5.91 Å². The standard InChI is InChI=1S/C16H19ClN2O2/c1-11(2)9-16(20)18-8-7-14-10-15(21-19-14)12-3-5-13(17)6-4-12/h3-6,10-11H,7-9H2,1-2H3,(H,18,20). The molecule has 5 heteroatoms. The normalized spacial score (nSPS) is 10.9. The zero-order valence-corrected chi connectivity index (χ0v) is 13.0. The third-order valence-corrected chi connectivity index (χ3v) is 3.24. The summed E-state index contributed by atoms with van der Waals surface area (Å²) in [6, 6.07) is 9.28. The fourth-order valence-corrected chi connectivity index (χ4v) is 2.08. The molecule has 0 aliphatic carbocycles. The van der Waals surface area contributed by atoms with Crippen LogP contribution >= 0.6 is 11.6 Å². The summed E-state index contributed by atoms with van der Waals surface area (Å²) in [7, 11) is 0. The van der Waals surface area contributed by atoms with Crippen molar-refractivity contribution >= 4 is 17.5 Å². The van der Waals surface area contributed by atoms with Gasteiger partial charge in [0.1, 0.15) is 0 Å². The number of nitrogens with one attached hydrogen (secondary N) is 1. The van der Waals surface area contributed by atoms with Gasteiger partial charge in [0.05, 0.1) is 5.69 Å². The first kappa shape index (κ1) is 15.6. The average molecular weight is 307 g/mol. The molecule has 0 saturated heterocycles. The highest BCUT2D eigenvalue weighted by Gasteiger charge is 2.08. The number of benzene rings is 1. The van der Waals surface area contributed by atoms with Gasteiger partial charge in [-0.3, -0.25) is 4.79 Å². The molecule has 0 bridgehead atoms. The molecule has 0 saturated carbocycles. The van der Waals surface area contributed by atoms with Crippen molar-refractivity contribution in [3.63, 3.8) is 0 Å². The van der Waals surface area contributed by atoms with Gasteiger partial charge in [-0.15, -0.1) is 0 Å². The van der Waals surface area contributed by atoms with Gasteiger partial charge in [0.15, 0.2) is 5.76 Å². The van der Waals surface area contributed by atoms with Crippen LogP contribution < -0.4 is 5.32 Å². The number of carbonyl (C=O) groups excluding carboxylic acids is 1. The lowest BCUT2D eigenvalue weighted by molar-refractivity contribution is -0.121. The van der Waals surface area contributed by atoms with E-state index in [0.29, 0.717) is 36.1 Å². The Morgan fingerprint density at radius 1 is 1.33 bits per heavy atom. The summed E-state index contributed by atoms with van der Waals surface area (Å²) in [5.41, 5.74) is 1.76. The van der Waals surface area contributed by atoms with Crippen LogP contribution in [0.4, 0.5) is 0 Å². The van der Waals surface area contributed by atoms with Crippen LogP contribution in [-0.2, 0) is 11.2 Å². The van der Waals surface area contributed by atoms with Crippen molar-refractivity contribution < 1.29 is 9.32 Å². The highest BCUT2D eigenvalue weighted by molar-refractivity contribution is 6.30. The molecule has 1 N–H and O–H groups in total. The zero-order chi connectivity index (χ0) is 15.2. The first-order valence-corrected chi connectivity index (χ1v) is 7.40. The van der Waals surface area contributed by atoms with Crippen molar-refractivity contribution in [2.45, 2.75) is 26.7 Å². The molecule has 0 aliphatic heterocycles. The van der Waals surface area contributed by atoms with E-state index in [4.69, 9.17) is 16.1 Å². The van der Waals surface area contributed by atoms with Crippen LogP contribution in [0.5, 0.6) is 0 Å². The molecule has 2 aromatic rings. The van der Waals surface area contributed by atoms with E-state index < -0.39 is 0 Å². The quantitative estimate of drug-likeness (QED) is 0.885. The van der Waals surface area contributed by atoms with Gasteiger partial charge < -0.3 is 9.84 Å². The van der Waals surface area contributed by atoms with Gasteiger partial charge >= 0.3 is 0 Å². The average Bonchev–Trinajstić information content (AvgIpc) is 2.87. The lowest BCUT2D eigenvalue weighted by Gasteiger charge is -2.05. The molecule has 1 aromatic heterocycles. The van der Waals surface area contributed by atoms with E-state index >= 15 is 0 Å². The van der Waals surface area contributed by atoms with Gasteiger partial charge in [-0.25, -0.2) is 0 Å². The Balaban J connectivity index is 1.86. The van der Waals surface area contributed by atoms with E-state index in [1.807, 2.05) is 44.2 Å². The molecule has 1 heterocycles. The Morgan fingerprint density at radius 3 is 2.71 bits per heavy atom. The van der Waals surface area contributed by atoms with Gasteiger partial charge in [-0.1, -0.05) is 30.6 Å². The number of halogens is 1. The second-order valence-corrected chi connectivity index (χ2v) is 5.82. The molecule has 1 amide bonds. The second kappa shape index (κ2) is 7.27. The Kier molecular flexibility index (Phi) is 5.39. The minimum atomic E-state index is 0.0754. The predicted molar refractivity (Wildman–Crippen MR) is 83.1 cm³/mol. The minimum Gasteiger partial charge on any atom is -0.356 e. The number of hydrogen-bond donors (Lipinski definition) is 1. The molecule has 0 radical (unpaired) electrons. The highest BCUT2D eigenvalue weighted by atomic mass is 35.5. The largest absolute Gasteiger partial charge is 0.356 e. The minimum absolute atomic E-state index is 0.0754. The zero-order valence-electron chi connectivity index (χ0n) is 12.2. The monoisotopic (exact) mass is 306 g/mol. The van der Waals surface area contributed by atoms with E-state index in [9.17, 15) is 4.79 Å². The molecule has 0 atom stereocenters. The first-order valence-electron chi connectivity index (χ1n) is 7.03. The number of carbonyl (C=O) groups is 1. The molecular weight excluding hydrogens is 288 g/mol. The van der Waals surface area contributed by atoms with Gasteiger partial charge in [-0.05, 0) is 30.2 Å². The number of nitrogens with zero attached hydrogens (tertiary/aromatic N) is 1. The SMILES string of the molecule is CC(C)CC(=O)NCCc1cc(-c2ccc(Cl)cc2)on1. The summed E-state index contributed by atoms with van der Waals surface area (Å²) in [4.78, 5) is 11.5. The van der Waals surface area contributed by atoms with Crippen molar-refractivity contribution in [3.05, 3.63) is 41.0 Å². The summed E-state index contributed by atoms with van der Waals surface area (Å²) >= 11 is 5.85. The maximum absolute atomic E-state index is 11.5. The summed E-state index contributed by atoms with van der Waals surface area (Å²) in [6.45, 7) is 4.61. The summed E-state index contributed by atoms with van der Waals surface area (Å²) in [5.74, 6) is 1.15. The van der Waals surface area contributed by atoms with Crippen LogP contribution in [0.2, 0.25) is 5.02 Å². The molecule has 21 heavy (non-hydrogen) atoms. The molecule has 0 aliphatic rings. The Labute approximate surface area is 129 Å². The smallest absolute Gasteiger partial charge is 0.220 e. The highest BCUT2D eigenvalue weighted by Crippen LogP contribution is 2.22. The van der Waals surface area contributed by atoms with Gasteiger partial charge in [0, 0.05) is 36.0 Å². The van der Waals surface area contributed by atoms with E-state index in [0.717, 1.165) is 11.3 Å². The van der Waals surface area contributed by atoms with Crippen LogP contribution in [0.1, 0.15) is 26.0 Å². The first-order chi connectivity index (χ1) is 10.0. The van der Waals surface area contributed by atoms with Gasteiger partial charge in [0.25, 0.3) is 0 Å². The predicted octanol–water partition coefficient (Wildman–Crippen LogP) is 3.70. The third-order valence-electron chi connectivity index (χ3n) is 2.98. The lowest BCUT2D eigenvalue weighted by atomic mass is 10.1. The topological polar surface area (TPSA) is 55.1 Å². The van der Waals surface area contributed by atoms with Crippen LogP contribution in [-0.4, -0.2) is 17.6 Å². The van der Waals surface area contributed by atoms with E-state index in [1.165, 1.54) is 0 Å². The van der Waals surface area contributed by atoms with Crippen LogP contribution in [0.3, 0.4) is 0 Å². The fraction of sp³-hybridized carbons (Fsp3) is 0.375. The summed E-state index contributed by atoms with van der Waals surface area (Å²) in [6.07, 6.45) is 1.20. The Bertz CT molecular complexity index is 591. The molecular formula is C16H19ClN2O2. The van der Waals surface area contributed by atoms with Crippen molar-refractivity contribution in [3.8, 4) is 11.3 Å². The molecule has 1 aromatic carbocycles. The second-order valence-electron chi connectivity index (χ2n) is 5.39. The van der Waals surface area contributed by atoms with E-state index in [1.54, 1.807) is 0 Å². The third kappa shape index (κ3) is 4.90. The molecule has 4 nitrogen and oxygen atoms in total. The Morgan fingerprint density at radius 2 is 2.05 bits per heavy atom. The maximum atomic E-state index is 11.5. The van der Waals surface area contributed by atoms with Crippen molar-refractivity contribution in [1.82, 2.24) is 10.5 Å². The number of aromatic nitrogens is 1. The molecule has 0 unspecified atom stereocenters. The molecule has 0 fully saturated rings.